The van der Waals surface area contributed by atoms with Crippen LogP contribution in [0, 0.1) is 5.82 Å². The third kappa shape index (κ3) is 3.45. The van der Waals surface area contributed by atoms with E-state index in [0.29, 0.717) is 23.2 Å². The van der Waals surface area contributed by atoms with Gasteiger partial charge in [-0.1, -0.05) is 17.7 Å². The number of nitrogens with one attached hydrogen (secondary N) is 1. The highest BCUT2D eigenvalue weighted by molar-refractivity contribution is 6.31. The van der Waals surface area contributed by atoms with E-state index in [1.165, 1.54) is 6.07 Å². The van der Waals surface area contributed by atoms with E-state index in [2.05, 4.69) is 5.32 Å². The van der Waals surface area contributed by atoms with E-state index in [-0.39, 0.29) is 12.3 Å². The fourth-order valence-corrected chi connectivity index (χ4v) is 2.63. The van der Waals surface area contributed by atoms with E-state index >= 15 is 0 Å². The van der Waals surface area contributed by atoms with E-state index in [1.54, 1.807) is 17.0 Å². The molecule has 1 aliphatic rings. The van der Waals surface area contributed by atoms with Crippen LogP contribution < -0.4 is 5.32 Å². The average Bonchev–Trinajstić information content (AvgIpc) is 2.43. The summed E-state index contributed by atoms with van der Waals surface area (Å²) in [6.07, 6.45) is 2.07. The van der Waals surface area contributed by atoms with Crippen LogP contribution in [0.25, 0.3) is 0 Å². The molecule has 1 atom stereocenters. The normalized spacial score (nSPS) is 19.5. The summed E-state index contributed by atoms with van der Waals surface area (Å²) in [4.78, 5) is 14.0. The number of likely N-dealkylation sites (N-methyl/N-ethyl adjacent to an activating group) is 1. The molecule has 1 amide bonds. The van der Waals surface area contributed by atoms with Crippen molar-refractivity contribution in [2.75, 3.05) is 20.1 Å². The third-order valence-corrected chi connectivity index (χ3v) is 3.93. The average molecular weight is 285 g/mol. The smallest absolute Gasteiger partial charge is 0.227 e. The summed E-state index contributed by atoms with van der Waals surface area (Å²) in [5, 5.41) is 3.50. The minimum absolute atomic E-state index is 0.0297. The third-order valence-electron chi connectivity index (χ3n) is 3.57. The zero-order valence-electron chi connectivity index (χ0n) is 11.0. The Hall–Kier alpha value is -1.13. The quantitative estimate of drug-likeness (QED) is 0.923. The topological polar surface area (TPSA) is 32.3 Å². The van der Waals surface area contributed by atoms with Crippen LogP contribution in [-0.4, -0.2) is 37.0 Å². The molecule has 1 aliphatic heterocycles. The van der Waals surface area contributed by atoms with Crippen LogP contribution >= 0.6 is 11.6 Å². The molecular weight excluding hydrogens is 267 g/mol. The molecule has 1 saturated heterocycles. The Bertz CT molecular complexity index is 447. The van der Waals surface area contributed by atoms with Gasteiger partial charge in [-0.2, -0.15) is 0 Å². The van der Waals surface area contributed by atoms with Gasteiger partial charge < -0.3 is 10.2 Å². The van der Waals surface area contributed by atoms with Crippen molar-refractivity contribution in [3.8, 4) is 0 Å². The van der Waals surface area contributed by atoms with E-state index in [4.69, 9.17) is 11.6 Å². The van der Waals surface area contributed by atoms with Gasteiger partial charge in [0.15, 0.2) is 0 Å². The summed E-state index contributed by atoms with van der Waals surface area (Å²) in [7, 11) is 1.90. The highest BCUT2D eigenvalue weighted by Crippen LogP contribution is 2.21. The number of halogens is 2. The molecule has 0 bridgehead atoms. The highest BCUT2D eigenvalue weighted by atomic mass is 35.5. The second-order valence-corrected chi connectivity index (χ2v) is 5.25. The minimum atomic E-state index is -0.414. The van der Waals surface area contributed by atoms with Crippen molar-refractivity contribution in [1.29, 1.82) is 0 Å². The highest BCUT2D eigenvalue weighted by Gasteiger charge is 2.23. The molecule has 1 aromatic carbocycles. The zero-order chi connectivity index (χ0) is 13.8. The van der Waals surface area contributed by atoms with Gasteiger partial charge in [0.2, 0.25) is 5.91 Å². The Morgan fingerprint density at radius 3 is 3.05 bits per heavy atom. The number of carbonyl (C=O) groups excluding carboxylic acids is 1. The van der Waals surface area contributed by atoms with Crippen molar-refractivity contribution in [2.24, 2.45) is 0 Å². The van der Waals surface area contributed by atoms with Crippen molar-refractivity contribution in [3.63, 3.8) is 0 Å². The lowest BCUT2D eigenvalue weighted by atomic mass is 10.0. The number of nitrogens with zero attached hydrogens (tertiary/aromatic N) is 1. The maximum absolute atomic E-state index is 13.7. The van der Waals surface area contributed by atoms with Crippen LogP contribution in [0.2, 0.25) is 5.02 Å². The predicted molar refractivity (Wildman–Crippen MR) is 73.8 cm³/mol. The first-order chi connectivity index (χ1) is 9.11. The van der Waals surface area contributed by atoms with Crippen LogP contribution in [0.1, 0.15) is 18.4 Å². The summed E-state index contributed by atoms with van der Waals surface area (Å²) in [5.74, 6) is -0.477. The largest absolute Gasteiger partial charge is 0.341 e. The number of rotatable bonds is 3. The number of hydrogen-bond acceptors (Lipinski definition) is 2. The Kier molecular flexibility index (Phi) is 4.77. The molecule has 3 nitrogen and oxygen atoms in total. The molecule has 2 rings (SSSR count). The Balaban J connectivity index is 2.04. The molecule has 0 aromatic heterocycles. The maximum Gasteiger partial charge on any atom is 0.227 e. The number of amides is 1. The van der Waals surface area contributed by atoms with Crippen LogP contribution in [-0.2, 0) is 11.2 Å². The molecule has 1 fully saturated rings. The molecule has 5 heteroatoms. The van der Waals surface area contributed by atoms with E-state index in [9.17, 15) is 9.18 Å². The lowest BCUT2D eigenvalue weighted by molar-refractivity contribution is -0.131. The monoisotopic (exact) mass is 284 g/mol. The molecule has 1 aromatic rings. The second-order valence-electron chi connectivity index (χ2n) is 4.84. The first-order valence-electron chi connectivity index (χ1n) is 6.49. The Labute approximate surface area is 117 Å². The summed E-state index contributed by atoms with van der Waals surface area (Å²) >= 11 is 5.95. The molecule has 1 N–H and O–H groups in total. The lowest BCUT2D eigenvalue weighted by Gasteiger charge is -2.32. The molecule has 0 spiro atoms. The first kappa shape index (κ1) is 14.3. The van der Waals surface area contributed by atoms with E-state index < -0.39 is 5.82 Å². The molecular formula is C14H18ClFN2O. The van der Waals surface area contributed by atoms with Gasteiger partial charge in [0.1, 0.15) is 5.82 Å². The van der Waals surface area contributed by atoms with Gasteiger partial charge in [-0.15, -0.1) is 0 Å². The molecule has 1 heterocycles. The summed E-state index contributed by atoms with van der Waals surface area (Å²) in [5.41, 5.74) is 0.292. The minimum Gasteiger partial charge on any atom is -0.341 e. The standard InChI is InChI=1S/C14H18ClFN2O/c1-17-10-4-3-7-18(9-10)14(19)8-11-12(15)5-2-6-13(11)16/h2,5-6,10,17H,3-4,7-9H2,1H3/t10-/m0/s1. The molecule has 0 radical (unpaired) electrons. The predicted octanol–water partition coefficient (Wildman–Crippen LogP) is 2.23. The maximum atomic E-state index is 13.7. The van der Waals surface area contributed by atoms with E-state index in [1.807, 2.05) is 7.05 Å². The van der Waals surface area contributed by atoms with Gasteiger partial charge in [-0.25, -0.2) is 4.39 Å². The SMILES string of the molecule is CN[C@H]1CCCN(C(=O)Cc2c(F)cccc2Cl)C1. The fourth-order valence-electron chi connectivity index (χ4n) is 2.40. The number of carbonyl (C=O) groups is 1. The Morgan fingerprint density at radius 1 is 1.58 bits per heavy atom. The number of benzene rings is 1. The molecule has 0 saturated carbocycles. The number of piperidine rings is 1. The van der Waals surface area contributed by atoms with Crippen LogP contribution in [0.15, 0.2) is 18.2 Å². The summed E-state index contributed by atoms with van der Waals surface area (Å²) < 4.78 is 13.7. The molecule has 19 heavy (non-hydrogen) atoms. The number of likely N-dealkylation sites (tertiary alicyclic amines) is 1. The molecule has 0 aliphatic carbocycles. The van der Waals surface area contributed by atoms with Gasteiger partial charge in [0, 0.05) is 29.7 Å². The summed E-state index contributed by atoms with van der Waals surface area (Å²) in [6.45, 7) is 1.42. The van der Waals surface area contributed by atoms with Gasteiger partial charge in [-0.05, 0) is 32.0 Å². The van der Waals surface area contributed by atoms with Crippen LogP contribution in [0.3, 0.4) is 0 Å². The second kappa shape index (κ2) is 6.35. The zero-order valence-corrected chi connectivity index (χ0v) is 11.7. The van der Waals surface area contributed by atoms with Crippen molar-refractivity contribution < 1.29 is 9.18 Å². The van der Waals surface area contributed by atoms with Gasteiger partial charge >= 0.3 is 0 Å². The van der Waals surface area contributed by atoms with Crippen LogP contribution in [0.5, 0.6) is 0 Å². The van der Waals surface area contributed by atoms with Gasteiger partial charge in [0.05, 0.1) is 6.42 Å². The lowest BCUT2D eigenvalue weighted by Crippen LogP contribution is -2.47. The van der Waals surface area contributed by atoms with Crippen molar-refractivity contribution in [3.05, 3.63) is 34.6 Å². The van der Waals surface area contributed by atoms with Gasteiger partial charge in [-0.3, -0.25) is 4.79 Å². The molecule has 104 valence electrons. The van der Waals surface area contributed by atoms with Crippen molar-refractivity contribution in [2.45, 2.75) is 25.3 Å². The summed E-state index contributed by atoms with van der Waals surface area (Å²) in [6, 6.07) is 4.82. The first-order valence-corrected chi connectivity index (χ1v) is 6.87. The van der Waals surface area contributed by atoms with Gasteiger partial charge in [0.25, 0.3) is 0 Å². The van der Waals surface area contributed by atoms with Crippen LogP contribution in [0.4, 0.5) is 4.39 Å². The van der Waals surface area contributed by atoms with E-state index in [0.717, 1.165) is 19.4 Å². The molecule has 0 unspecified atom stereocenters. The van der Waals surface area contributed by atoms with Crippen molar-refractivity contribution in [1.82, 2.24) is 10.2 Å². The van der Waals surface area contributed by atoms with Crippen molar-refractivity contribution >= 4 is 17.5 Å². The number of hydrogen-bond donors (Lipinski definition) is 1. The fraction of sp³-hybridized carbons (Fsp3) is 0.500. The Morgan fingerprint density at radius 2 is 2.37 bits per heavy atom.